The first-order valence-electron chi connectivity index (χ1n) is 6.87. The third-order valence-electron chi connectivity index (χ3n) is 4.79. The highest BCUT2D eigenvalue weighted by Gasteiger charge is 2.57. The van der Waals surface area contributed by atoms with E-state index in [9.17, 15) is 4.79 Å². The third-order valence-corrected chi connectivity index (χ3v) is 4.79. The Morgan fingerprint density at radius 2 is 2.15 bits per heavy atom. The second-order valence-corrected chi connectivity index (χ2v) is 5.94. The number of rotatable bonds is 3. The molecule has 100 valence electrons. The van der Waals surface area contributed by atoms with Gasteiger partial charge in [-0.3, -0.25) is 4.79 Å². The first-order chi connectivity index (χ1) is 9.72. The Labute approximate surface area is 116 Å². The molecule has 1 N–H and O–H groups in total. The predicted octanol–water partition coefficient (Wildman–Crippen LogP) is 2.48. The Morgan fingerprint density at radius 1 is 1.35 bits per heavy atom. The monoisotopic (exact) mass is 266 g/mol. The van der Waals surface area contributed by atoms with E-state index in [4.69, 9.17) is 10.00 Å². The Hall–Kier alpha value is -2.28. The van der Waals surface area contributed by atoms with Crippen molar-refractivity contribution in [1.29, 1.82) is 5.26 Å². The lowest BCUT2D eigenvalue weighted by Crippen LogP contribution is -2.55. The van der Waals surface area contributed by atoms with E-state index >= 15 is 0 Å². The fourth-order valence-electron chi connectivity index (χ4n) is 3.69. The molecular formula is C16H14N2O2. The van der Waals surface area contributed by atoms with Crippen molar-refractivity contribution in [2.45, 2.75) is 24.7 Å². The molecule has 0 atom stereocenters. The van der Waals surface area contributed by atoms with Gasteiger partial charge in [-0.1, -0.05) is 6.07 Å². The predicted molar refractivity (Wildman–Crippen MR) is 74.7 cm³/mol. The first-order valence-corrected chi connectivity index (χ1v) is 6.87. The zero-order chi connectivity index (χ0) is 13.7. The molecular weight excluding hydrogens is 252 g/mol. The number of nitrogens with zero attached hydrogens (tertiary/aromatic N) is 1. The van der Waals surface area contributed by atoms with Crippen molar-refractivity contribution in [2.75, 3.05) is 6.61 Å². The maximum Gasteiger partial charge on any atom is 0.255 e. The van der Waals surface area contributed by atoms with Crippen LogP contribution in [-0.2, 0) is 5.41 Å². The van der Waals surface area contributed by atoms with E-state index in [1.54, 1.807) is 6.07 Å². The van der Waals surface area contributed by atoms with Crippen molar-refractivity contribution < 1.29 is 4.74 Å². The van der Waals surface area contributed by atoms with E-state index in [0.717, 1.165) is 11.3 Å². The molecule has 1 aromatic carbocycles. The fraction of sp³-hybridized carbons (Fsp3) is 0.375. The van der Waals surface area contributed by atoms with Crippen molar-refractivity contribution in [2.24, 2.45) is 5.92 Å². The van der Waals surface area contributed by atoms with Crippen LogP contribution in [0.4, 0.5) is 0 Å². The number of nitriles is 1. The molecule has 0 unspecified atom stereocenters. The fourth-order valence-corrected chi connectivity index (χ4v) is 3.69. The third kappa shape index (κ3) is 1.44. The number of aromatic amines is 1. The highest BCUT2D eigenvalue weighted by molar-refractivity contribution is 5.87. The van der Waals surface area contributed by atoms with E-state index in [-0.39, 0.29) is 12.2 Å². The molecule has 4 heteroatoms. The Kier molecular flexibility index (Phi) is 2.23. The van der Waals surface area contributed by atoms with Crippen LogP contribution in [0.2, 0.25) is 0 Å². The van der Waals surface area contributed by atoms with Gasteiger partial charge in [-0.25, -0.2) is 0 Å². The van der Waals surface area contributed by atoms with Gasteiger partial charge < -0.3 is 9.72 Å². The van der Waals surface area contributed by atoms with E-state index in [1.165, 1.54) is 24.8 Å². The highest BCUT2D eigenvalue weighted by Crippen LogP contribution is 2.65. The van der Waals surface area contributed by atoms with Crippen LogP contribution in [0.15, 0.2) is 29.2 Å². The molecule has 2 aromatic rings. The number of nitrogens with one attached hydrogen (secondary N) is 1. The average Bonchev–Trinajstić information content (AvgIpc) is 2.36. The number of hydrogen-bond donors (Lipinski definition) is 1. The number of ether oxygens (including phenoxy) is 1. The van der Waals surface area contributed by atoms with Crippen LogP contribution in [0.25, 0.3) is 10.8 Å². The number of pyridine rings is 1. The molecule has 4 nitrogen and oxygen atoms in total. The van der Waals surface area contributed by atoms with Crippen molar-refractivity contribution in [3.8, 4) is 11.8 Å². The summed E-state index contributed by atoms with van der Waals surface area (Å²) < 4.78 is 5.28. The van der Waals surface area contributed by atoms with E-state index in [2.05, 4.69) is 4.98 Å². The van der Waals surface area contributed by atoms with Gasteiger partial charge in [-0.15, -0.1) is 0 Å². The van der Waals surface area contributed by atoms with Gasteiger partial charge in [0.05, 0.1) is 5.39 Å². The normalized spacial score (nSPS) is 26.4. The van der Waals surface area contributed by atoms with Gasteiger partial charge >= 0.3 is 0 Å². The van der Waals surface area contributed by atoms with Crippen LogP contribution in [0.3, 0.4) is 0 Å². The summed E-state index contributed by atoms with van der Waals surface area (Å²) in [6.45, 7) is -0.00524. The summed E-state index contributed by atoms with van der Waals surface area (Å²) in [5.74, 6) is 1.47. The molecule has 0 spiro atoms. The number of aromatic nitrogens is 1. The summed E-state index contributed by atoms with van der Waals surface area (Å²) in [6, 6.07) is 7.46. The summed E-state index contributed by atoms with van der Waals surface area (Å²) in [4.78, 5) is 14.9. The number of H-pyrrole nitrogens is 1. The molecule has 1 aromatic heterocycles. The van der Waals surface area contributed by atoms with Crippen LogP contribution in [0.1, 0.15) is 24.8 Å². The molecule has 5 rings (SSSR count). The van der Waals surface area contributed by atoms with E-state index in [1.807, 2.05) is 24.4 Å². The summed E-state index contributed by atoms with van der Waals surface area (Å²) in [5, 5.41) is 10.2. The molecule has 2 bridgehead atoms. The van der Waals surface area contributed by atoms with Gasteiger partial charge in [0.25, 0.3) is 5.56 Å². The lowest BCUT2D eigenvalue weighted by molar-refractivity contribution is -0.0264. The largest absolute Gasteiger partial charge is 0.479 e. The molecule has 20 heavy (non-hydrogen) atoms. The summed E-state index contributed by atoms with van der Waals surface area (Å²) in [7, 11) is 0. The molecule has 0 aliphatic heterocycles. The second kappa shape index (κ2) is 3.86. The Balaban J connectivity index is 1.85. The maximum absolute atomic E-state index is 12.0. The van der Waals surface area contributed by atoms with Gasteiger partial charge in [0.1, 0.15) is 11.8 Å². The summed E-state index contributed by atoms with van der Waals surface area (Å²) in [5.41, 5.74) is 1.47. The molecule has 0 amide bonds. The summed E-state index contributed by atoms with van der Waals surface area (Å²) in [6.07, 6.45) is 5.64. The minimum atomic E-state index is -0.0993. The molecule has 1 heterocycles. The topological polar surface area (TPSA) is 65.9 Å². The Morgan fingerprint density at radius 3 is 2.80 bits per heavy atom. The first kappa shape index (κ1) is 11.5. The van der Waals surface area contributed by atoms with E-state index < -0.39 is 0 Å². The van der Waals surface area contributed by atoms with Crippen LogP contribution in [0, 0.1) is 17.2 Å². The Bertz CT molecular complexity index is 783. The van der Waals surface area contributed by atoms with Crippen LogP contribution < -0.4 is 10.3 Å². The molecule has 3 saturated carbocycles. The average molecular weight is 266 g/mol. The number of fused-ring (bicyclic) bond motifs is 1. The lowest BCUT2D eigenvalue weighted by atomic mass is 9.42. The van der Waals surface area contributed by atoms with Crippen molar-refractivity contribution in [3.63, 3.8) is 0 Å². The van der Waals surface area contributed by atoms with E-state index in [0.29, 0.717) is 16.6 Å². The molecule has 3 fully saturated rings. The second-order valence-electron chi connectivity index (χ2n) is 5.94. The SMILES string of the molecule is N#CCOc1ccc2c(C34CC(C3)C4)c[nH]c(=O)c2c1. The summed E-state index contributed by atoms with van der Waals surface area (Å²) >= 11 is 0. The van der Waals surface area contributed by atoms with Crippen LogP contribution >= 0.6 is 0 Å². The van der Waals surface area contributed by atoms with Gasteiger partial charge in [0.2, 0.25) is 0 Å². The van der Waals surface area contributed by atoms with Crippen molar-refractivity contribution in [3.05, 3.63) is 40.3 Å². The highest BCUT2D eigenvalue weighted by atomic mass is 16.5. The van der Waals surface area contributed by atoms with Gasteiger partial charge in [-0.05, 0) is 53.7 Å². The standard InChI is InChI=1S/C16H14N2O2/c17-3-4-20-11-1-2-12-13(5-11)15(19)18-9-14(12)16-6-10(7-16)8-16/h1-2,5,9-10H,4,6-8H2,(H,18,19). The molecule has 3 aliphatic carbocycles. The minimum absolute atomic E-state index is 0.00524. The molecule has 0 radical (unpaired) electrons. The van der Waals surface area contributed by atoms with Crippen molar-refractivity contribution >= 4 is 10.8 Å². The number of benzene rings is 1. The van der Waals surface area contributed by atoms with Crippen LogP contribution in [-0.4, -0.2) is 11.6 Å². The maximum atomic E-state index is 12.0. The minimum Gasteiger partial charge on any atom is -0.479 e. The van der Waals surface area contributed by atoms with Gasteiger partial charge in [0.15, 0.2) is 6.61 Å². The number of hydrogen-bond acceptors (Lipinski definition) is 3. The lowest BCUT2D eigenvalue weighted by Gasteiger charge is -2.62. The molecule has 0 saturated heterocycles. The molecule has 3 aliphatic rings. The van der Waals surface area contributed by atoms with Gasteiger partial charge in [0, 0.05) is 6.20 Å². The zero-order valence-corrected chi connectivity index (χ0v) is 11.0. The quantitative estimate of drug-likeness (QED) is 0.928. The zero-order valence-electron chi connectivity index (χ0n) is 11.0. The smallest absolute Gasteiger partial charge is 0.255 e. The van der Waals surface area contributed by atoms with Gasteiger partial charge in [-0.2, -0.15) is 5.26 Å². The van der Waals surface area contributed by atoms with Crippen LogP contribution in [0.5, 0.6) is 5.75 Å². The van der Waals surface area contributed by atoms with Crippen molar-refractivity contribution in [1.82, 2.24) is 4.98 Å².